The summed E-state index contributed by atoms with van der Waals surface area (Å²) in [6.07, 6.45) is 3.84. The number of hydrogen-bond donors (Lipinski definition) is 0. The lowest BCUT2D eigenvalue weighted by Crippen LogP contribution is -2.33. The van der Waals surface area contributed by atoms with Gasteiger partial charge < -0.3 is 4.90 Å². The van der Waals surface area contributed by atoms with E-state index in [-0.39, 0.29) is 11.7 Å². The molecule has 0 unspecified atom stereocenters. The lowest BCUT2D eigenvalue weighted by molar-refractivity contribution is 0.0762. The van der Waals surface area contributed by atoms with Crippen LogP contribution in [0.5, 0.6) is 0 Å². The molecule has 0 aliphatic heterocycles. The van der Waals surface area contributed by atoms with Crippen molar-refractivity contribution < 1.29 is 9.18 Å². The largest absolute Gasteiger partial charge is 0.332 e. The van der Waals surface area contributed by atoms with E-state index in [0.717, 1.165) is 12.8 Å². The van der Waals surface area contributed by atoms with Gasteiger partial charge in [0.2, 0.25) is 0 Å². The fourth-order valence-electron chi connectivity index (χ4n) is 1.94. The average Bonchev–Trinajstić information content (AvgIpc) is 3.09. The minimum Gasteiger partial charge on any atom is -0.332 e. The van der Waals surface area contributed by atoms with Gasteiger partial charge in [-0.1, -0.05) is 6.08 Å². The molecule has 0 spiro atoms. The van der Waals surface area contributed by atoms with E-state index in [1.54, 1.807) is 19.1 Å². The number of nitrogens with zero attached hydrogens (tertiary/aromatic N) is 1. The van der Waals surface area contributed by atoms with Crippen molar-refractivity contribution in [2.24, 2.45) is 0 Å². The average molecular weight is 233 g/mol. The Hall–Kier alpha value is -1.64. The fraction of sp³-hybridized carbons (Fsp3) is 0.357. The molecule has 1 fully saturated rings. The van der Waals surface area contributed by atoms with Crippen molar-refractivity contribution >= 4 is 5.91 Å². The maximum Gasteiger partial charge on any atom is 0.254 e. The molecule has 2 nitrogen and oxygen atoms in total. The smallest absolute Gasteiger partial charge is 0.254 e. The SMILES string of the molecule is C=CCN(C(=O)c1ccc(F)cc1C)C1CC1. The predicted molar refractivity (Wildman–Crippen MR) is 65.4 cm³/mol. The summed E-state index contributed by atoms with van der Waals surface area (Å²) < 4.78 is 13.0. The zero-order chi connectivity index (χ0) is 12.4. The van der Waals surface area contributed by atoms with E-state index in [4.69, 9.17) is 0 Å². The normalized spacial score (nSPS) is 14.5. The monoisotopic (exact) mass is 233 g/mol. The first-order valence-corrected chi connectivity index (χ1v) is 5.81. The molecule has 0 saturated heterocycles. The number of halogens is 1. The molecule has 1 amide bonds. The van der Waals surface area contributed by atoms with Gasteiger partial charge in [0.15, 0.2) is 0 Å². The number of carbonyl (C=O) groups is 1. The molecule has 2 rings (SSSR count). The van der Waals surface area contributed by atoms with Gasteiger partial charge in [-0.3, -0.25) is 4.79 Å². The highest BCUT2D eigenvalue weighted by atomic mass is 19.1. The molecule has 1 aliphatic carbocycles. The molecule has 0 N–H and O–H groups in total. The summed E-state index contributed by atoms with van der Waals surface area (Å²) in [6.45, 7) is 5.98. The van der Waals surface area contributed by atoms with Gasteiger partial charge in [0.05, 0.1) is 0 Å². The van der Waals surface area contributed by atoms with Gasteiger partial charge in [-0.2, -0.15) is 0 Å². The quantitative estimate of drug-likeness (QED) is 0.732. The van der Waals surface area contributed by atoms with Gasteiger partial charge in [0, 0.05) is 18.2 Å². The van der Waals surface area contributed by atoms with Crippen LogP contribution >= 0.6 is 0 Å². The van der Waals surface area contributed by atoms with Crippen LogP contribution in [0.3, 0.4) is 0 Å². The topological polar surface area (TPSA) is 20.3 Å². The van der Waals surface area contributed by atoms with E-state index in [2.05, 4.69) is 6.58 Å². The molecule has 0 bridgehead atoms. The van der Waals surface area contributed by atoms with Gasteiger partial charge in [-0.15, -0.1) is 6.58 Å². The van der Waals surface area contributed by atoms with Crippen LogP contribution in [-0.2, 0) is 0 Å². The van der Waals surface area contributed by atoms with E-state index in [0.29, 0.717) is 23.7 Å². The molecular weight excluding hydrogens is 217 g/mol. The lowest BCUT2D eigenvalue weighted by atomic mass is 10.1. The molecule has 1 aromatic carbocycles. The Morgan fingerprint density at radius 2 is 2.29 bits per heavy atom. The zero-order valence-corrected chi connectivity index (χ0v) is 9.95. The van der Waals surface area contributed by atoms with Crippen molar-refractivity contribution in [2.45, 2.75) is 25.8 Å². The molecule has 1 aromatic rings. The molecule has 0 atom stereocenters. The van der Waals surface area contributed by atoms with Crippen LogP contribution in [0.2, 0.25) is 0 Å². The molecule has 1 saturated carbocycles. The van der Waals surface area contributed by atoms with Gasteiger partial charge in [0.1, 0.15) is 5.82 Å². The zero-order valence-electron chi connectivity index (χ0n) is 9.95. The summed E-state index contributed by atoms with van der Waals surface area (Å²) in [4.78, 5) is 14.1. The molecule has 0 heterocycles. The minimum atomic E-state index is -0.305. The molecule has 0 radical (unpaired) electrons. The van der Waals surface area contributed by atoms with E-state index >= 15 is 0 Å². The maximum absolute atomic E-state index is 13.0. The lowest BCUT2D eigenvalue weighted by Gasteiger charge is -2.21. The first-order chi connectivity index (χ1) is 8.13. The van der Waals surface area contributed by atoms with E-state index in [9.17, 15) is 9.18 Å². The number of hydrogen-bond acceptors (Lipinski definition) is 1. The van der Waals surface area contributed by atoms with Crippen LogP contribution in [0, 0.1) is 12.7 Å². The van der Waals surface area contributed by atoms with E-state index < -0.39 is 0 Å². The Morgan fingerprint density at radius 1 is 1.59 bits per heavy atom. The highest BCUT2D eigenvalue weighted by molar-refractivity contribution is 5.96. The Morgan fingerprint density at radius 3 is 2.82 bits per heavy atom. The van der Waals surface area contributed by atoms with Crippen LogP contribution in [0.4, 0.5) is 4.39 Å². The highest BCUT2D eigenvalue weighted by Crippen LogP contribution is 2.28. The second kappa shape index (κ2) is 4.70. The predicted octanol–water partition coefficient (Wildman–Crippen LogP) is 2.92. The van der Waals surface area contributed by atoms with Crippen LogP contribution in [0.1, 0.15) is 28.8 Å². The van der Waals surface area contributed by atoms with Crippen molar-refractivity contribution in [3.63, 3.8) is 0 Å². The third-order valence-corrected chi connectivity index (χ3v) is 2.99. The number of rotatable bonds is 4. The van der Waals surface area contributed by atoms with Gasteiger partial charge in [-0.05, 0) is 43.5 Å². The molecular formula is C14H16FNO. The van der Waals surface area contributed by atoms with E-state index in [1.165, 1.54) is 12.1 Å². The first kappa shape index (κ1) is 11.8. The second-order valence-corrected chi connectivity index (χ2v) is 4.44. The van der Waals surface area contributed by atoms with Crippen molar-refractivity contribution in [1.29, 1.82) is 0 Å². The summed E-state index contributed by atoms with van der Waals surface area (Å²) in [5, 5.41) is 0. The van der Waals surface area contributed by atoms with Crippen molar-refractivity contribution in [3.05, 3.63) is 47.8 Å². The summed E-state index contributed by atoms with van der Waals surface area (Å²) in [7, 11) is 0. The number of benzene rings is 1. The number of aryl methyl sites for hydroxylation is 1. The molecule has 90 valence electrons. The number of carbonyl (C=O) groups excluding carboxylic acids is 1. The first-order valence-electron chi connectivity index (χ1n) is 5.81. The third kappa shape index (κ3) is 2.54. The van der Waals surface area contributed by atoms with Gasteiger partial charge in [-0.25, -0.2) is 4.39 Å². The summed E-state index contributed by atoms with van der Waals surface area (Å²) in [6, 6.07) is 4.63. The second-order valence-electron chi connectivity index (χ2n) is 4.44. The van der Waals surface area contributed by atoms with Gasteiger partial charge in [0.25, 0.3) is 5.91 Å². The highest BCUT2D eigenvalue weighted by Gasteiger charge is 2.32. The van der Waals surface area contributed by atoms with Gasteiger partial charge >= 0.3 is 0 Å². The fourth-order valence-corrected chi connectivity index (χ4v) is 1.94. The Kier molecular flexibility index (Phi) is 3.27. The summed E-state index contributed by atoms with van der Waals surface area (Å²) in [5.74, 6) is -0.328. The van der Waals surface area contributed by atoms with Crippen LogP contribution in [0.15, 0.2) is 30.9 Å². The third-order valence-electron chi connectivity index (χ3n) is 2.99. The Labute approximate surface area is 101 Å². The molecule has 3 heteroatoms. The van der Waals surface area contributed by atoms with Crippen LogP contribution in [0.25, 0.3) is 0 Å². The van der Waals surface area contributed by atoms with Crippen molar-refractivity contribution in [1.82, 2.24) is 4.90 Å². The van der Waals surface area contributed by atoms with E-state index in [1.807, 2.05) is 4.90 Å². The van der Waals surface area contributed by atoms with Crippen molar-refractivity contribution in [2.75, 3.05) is 6.54 Å². The molecule has 17 heavy (non-hydrogen) atoms. The van der Waals surface area contributed by atoms with Crippen molar-refractivity contribution in [3.8, 4) is 0 Å². The summed E-state index contributed by atoms with van der Waals surface area (Å²) >= 11 is 0. The Bertz CT molecular complexity index is 452. The standard InChI is InChI=1S/C14H16FNO/c1-3-8-16(12-5-6-12)14(17)13-7-4-11(15)9-10(13)2/h3-4,7,9,12H,1,5-6,8H2,2H3. The molecule has 0 aromatic heterocycles. The molecule has 1 aliphatic rings. The summed E-state index contributed by atoms with van der Waals surface area (Å²) in [5.41, 5.74) is 1.27. The van der Waals surface area contributed by atoms with Crippen LogP contribution in [-0.4, -0.2) is 23.4 Å². The van der Waals surface area contributed by atoms with Crippen LogP contribution < -0.4 is 0 Å². The Balaban J connectivity index is 2.24. The minimum absolute atomic E-state index is 0.0232. The number of amides is 1. The maximum atomic E-state index is 13.0.